The number of benzene rings is 6. The Balaban J connectivity index is 1.29. The van der Waals surface area contributed by atoms with E-state index in [0.717, 1.165) is 44.8 Å². The summed E-state index contributed by atoms with van der Waals surface area (Å²) in [6, 6.07) is 49.5. The maximum Gasteiger partial charge on any atom is 0.161 e. The lowest BCUT2D eigenvalue weighted by Crippen LogP contribution is -1.96. The minimum absolute atomic E-state index is 0.751. The number of rotatable bonds is 3. The third-order valence-electron chi connectivity index (χ3n) is 8.36. The van der Waals surface area contributed by atoms with Gasteiger partial charge in [-0.05, 0) is 52.6 Å². The molecule has 1 aliphatic carbocycles. The van der Waals surface area contributed by atoms with Gasteiger partial charge in [0.05, 0.1) is 22.2 Å². The van der Waals surface area contributed by atoms with E-state index in [-0.39, 0.29) is 0 Å². The summed E-state index contributed by atoms with van der Waals surface area (Å²) in [4.78, 5) is 10.3. The summed E-state index contributed by atoms with van der Waals surface area (Å²) in [6.07, 6.45) is 0. The van der Waals surface area contributed by atoms with E-state index in [2.05, 4.69) is 144 Å². The fourth-order valence-electron chi connectivity index (χ4n) is 6.57. The Labute approximate surface area is 237 Å². The van der Waals surface area contributed by atoms with Gasteiger partial charge in [0.1, 0.15) is 0 Å². The summed E-state index contributed by atoms with van der Waals surface area (Å²) in [5.74, 6) is 0.751. The number of para-hydroxylation sites is 2. The Morgan fingerprint density at radius 2 is 1.12 bits per heavy atom. The molecule has 0 atom stereocenters. The SMILES string of the molecule is c1ccc(-n2c3ccccc3c3ccc(-c4ccccc4-c4nc5c6c(cccc6n4)-c4ccccc4-5)cc32)cc1. The maximum atomic E-state index is 5.22. The van der Waals surface area contributed by atoms with Crippen LogP contribution >= 0.6 is 0 Å². The van der Waals surface area contributed by atoms with Crippen molar-refractivity contribution in [3.8, 4) is 50.6 Å². The molecule has 0 bridgehead atoms. The van der Waals surface area contributed by atoms with Gasteiger partial charge in [-0.2, -0.15) is 0 Å². The van der Waals surface area contributed by atoms with Gasteiger partial charge in [0, 0.05) is 33.0 Å². The molecule has 0 saturated heterocycles. The lowest BCUT2D eigenvalue weighted by atomic mass is 9.97. The number of hydrogen-bond donors (Lipinski definition) is 0. The second kappa shape index (κ2) is 8.48. The monoisotopic (exact) mass is 521 g/mol. The normalized spacial score (nSPS) is 11.9. The Hall–Kier alpha value is -5.54. The first-order valence-corrected chi connectivity index (χ1v) is 13.9. The molecule has 0 saturated carbocycles. The van der Waals surface area contributed by atoms with Crippen molar-refractivity contribution < 1.29 is 0 Å². The van der Waals surface area contributed by atoms with Crippen LogP contribution in [0.3, 0.4) is 0 Å². The predicted octanol–water partition coefficient (Wildman–Crippen LogP) is 9.71. The zero-order valence-electron chi connectivity index (χ0n) is 22.1. The summed E-state index contributed by atoms with van der Waals surface area (Å²) in [7, 11) is 0. The van der Waals surface area contributed by atoms with Crippen molar-refractivity contribution in [3.05, 3.63) is 140 Å². The van der Waals surface area contributed by atoms with E-state index in [1.54, 1.807) is 0 Å². The molecule has 6 aromatic carbocycles. The van der Waals surface area contributed by atoms with Crippen LogP contribution in [0.1, 0.15) is 0 Å². The van der Waals surface area contributed by atoms with Gasteiger partial charge < -0.3 is 4.57 Å². The molecule has 3 nitrogen and oxygen atoms in total. The Bertz CT molecular complexity index is 2310. The molecule has 2 heterocycles. The molecule has 0 aliphatic heterocycles. The quantitative estimate of drug-likeness (QED) is 0.232. The highest BCUT2D eigenvalue weighted by atomic mass is 15.0. The minimum atomic E-state index is 0.751. The first-order valence-electron chi connectivity index (χ1n) is 13.9. The first kappa shape index (κ1) is 22.3. The van der Waals surface area contributed by atoms with Crippen LogP contribution in [0.15, 0.2) is 140 Å². The van der Waals surface area contributed by atoms with Gasteiger partial charge in [0.2, 0.25) is 0 Å². The molecule has 1 aliphatic rings. The van der Waals surface area contributed by atoms with Crippen molar-refractivity contribution in [1.82, 2.24) is 14.5 Å². The minimum Gasteiger partial charge on any atom is -0.309 e. The van der Waals surface area contributed by atoms with Crippen LogP contribution in [0, 0.1) is 0 Å². The molecule has 190 valence electrons. The molecule has 0 amide bonds. The van der Waals surface area contributed by atoms with E-state index >= 15 is 0 Å². The molecule has 8 aromatic rings. The number of fused-ring (bicyclic) bond motifs is 6. The Morgan fingerprint density at radius 1 is 0.439 bits per heavy atom. The van der Waals surface area contributed by atoms with Gasteiger partial charge in [-0.1, -0.05) is 109 Å². The average Bonchev–Trinajstić information content (AvgIpc) is 3.55. The van der Waals surface area contributed by atoms with E-state index in [1.165, 1.54) is 38.5 Å². The number of aromatic nitrogens is 3. The molecule has 2 aromatic heterocycles. The van der Waals surface area contributed by atoms with Crippen LogP contribution in [0.25, 0.3) is 83.3 Å². The van der Waals surface area contributed by atoms with Crippen molar-refractivity contribution in [1.29, 1.82) is 0 Å². The van der Waals surface area contributed by atoms with Crippen molar-refractivity contribution in [2.24, 2.45) is 0 Å². The third-order valence-corrected chi connectivity index (χ3v) is 8.36. The fourth-order valence-corrected chi connectivity index (χ4v) is 6.57. The molecule has 41 heavy (non-hydrogen) atoms. The number of nitrogens with zero attached hydrogens (tertiary/aromatic N) is 3. The standard InChI is InChI=1S/C38H23N3/c1-2-11-25(12-3-1)41-34-20-9-8-15-28(34)29-22-21-24(23-35(29)41)26-13-4-7-17-32(26)38-39-33-19-10-18-30-27-14-5-6-16-31(27)37(40-38)36(30)33/h1-23H. The Kier molecular flexibility index (Phi) is 4.61. The van der Waals surface area contributed by atoms with Gasteiger partial charge in [0.15, 0.2) is 5.82 Å². The number of hydrogen-bond acceptors (Lipinski definition) is 2. The molecular formula is C38H23N3. The fraction of sp³-hybridized carbons (Fsp3) is 0. The first-order chi connectivity index (χ1) is 20.3. The van der Waals surface area contributed by atoms with E-state index in [9.17, 15) is 0 Å². The third kappa shape index (κ3) is 3.20. The summed E-state index contributed by atoms with van der Waals surface area (Å²) in [6.45, 7) is 0. The summed E-state index contributed by atoms with van der Waals surface area (Å²) in [5.41, 5.74) is 12.4. The molecule has 0 radical (unpaired) electrons. The molecule has 0 N–H and O–H groups in total. The van der Waals surface area contributed by atoms with E-state index in [4.69, 9.17) is 9.97 Å². The van der Waals surface area contributed by atoms with Crippen molar-refractivity contribution in [2.75, 3.05) is 0 Å². The van der Waals surface area contributed by atoms with Crippen molar-refractivity contribution in [2.45, 2.75) is 0 Å². The van der Waals surface area contributed by atoms with Crippen LogP contribution < -0.4 is 0 Å². The van der Waals surface area contributed by atoms with E-state index < -0.39 is 0 Å². The van der Waals surface area contributed by atoms with Crippen LogP contribution in [0.5, 0.6) is 0 Å². The molecule has 3 heteroatoms. The lowest BCUT2D eigenvalue weighted by Gasteiger charge is -2.12. The highest BCUT2D eigenvalue weighted by molar-refractivity contribution is 6.13. The molecule has 9 rings (SSSR count). The highest BCUT2D eigenvalue weighted by Crippen LogP contribution is 2.46. The van der Waals surface area contributed by atoms with Crippen LogP contribution in [-0.2, 0) is 0 Å². The predicted molar refractivity (Wildman–Crippen MR) is 169 cm³/mol. The maximum absolute atomic E-state index is 5.22. The van der Waals surface area contributed by atoms with Crippen molar-refractivity contribution >= 4 is 32.7 Å². The van der Waals surface area contributed by atoms with Crippen LogP contribution in [0.4, 0.5) is 0 Å². The van der Waals surface area contributed by atoms with Crippen LogP contribution in [-0.4, -0.2) is 14.5 Å². The van der Waals surface area contributed by atoms with Gasteiger partial charge in [0.25, 0.3) is 0 Å². The van der Waals surface area contributed by atoms with Gasteiger partial charge in [-0.15, -0.1) is 0 Å². The molecule has 0 spiro atoms. The highest BCUT2D eigenvalue weighted by Gasteiger charge is 2.24. The Morgan fingerprint density at radius 3 is 2.00 bits per heavy atom. The zero-order chi connectivity index (χ0) is 26.9. The second-order valence-electron chi connectivity index (χ2n) is 10.6. The van der Waals surface area contributed by atoms with Crippen LogP contribution in [0.2, 0.25) is 0 Å². The van der Waals surface area contributed by atoms with Gasteiger partial charge in [-0.25, -0.2) is 9.97 Å². The smallest absolute Gasteiger partial charge is 0.161 e. The van der Waals surface area contributed by atoms with Gasteiger partial charge in [-0.3, -0.25) is 0 Å². The average molecular weight is 522 g/mol. The second-order valence-corrected chi connectivity index (χ2v) is 10.6. The zero-order valence-corrected chi connectivity index (χ0v) is 22.1. The van der Waals surface area contributed by atoms with E-state index in [0.29, 0.717) is 0 Å². The summed E-state index contributed by atoms with van der Waals surface area (Å²) < 4.78 is 2.36. The largest absolute Gasteiger partial charge is 0.309 e. The molecule has 0 fully saturated rings. The van der Waals surface area contributed by atoms with Crippen molar-refractivity contribution in [3.63, 3.8) is 0 Å². The lowest BCUT2D eigenvalue weighted by molar-refractivity contribution is 1.18. The molecule has 0 unspecified atom stereocenters. The topological polar surface area (TPSA) is 30.7 Å². The van der Waals surface area contributed by atoms with E-state index in [1.807, 2.05) is 0 Å². The summed E-state index contributed by atoms with van der Waals surface area (Å²) >= 11 is 0. The molecular weight excluding hydrogens is 498 g/mol. The summed E-state index contributed by atoms with van der Waals surface area (Å²) in [5, 5.41) is 3.63. The van der Waals surface area contributed by atoms with Gasteiger partial charge >= 0.3 is 0 Å².